The maximum absolute atomic E-state index is 8.86. The molecule has 3 nitrogen and oxygen atoms in total. The average Bonchev–Trinajstić information content (AvgIpc) is 2.65. The zero-order chi connectivity index (χ0) is 11.8. The third-order valence-corrected chi connectivity index (χ3v) is 2.61. The van der Waals surface area contributed by atoms with Gasteiger partial charge in [0.1, 0.15) is 0 Å². The van der Waals surface area contributed by atoms with Crippen LogP contribution < -0.4 is 0 Å². The lowest BCUT2D eigenvalue weighted by Crippen LogP contribution is -2.15. The van der Waals surface area contributed by atoms with Crippen LogP contribution >= 0.6 is 0 Å². The Morgan fingerprint density at radius 2 is 2.00 bits per heavy atom. The first-order chi connectivity index (χ1) is 7.72. The van der Waals surface area contributed by atoms with Crippen molar-refractivity contribution in [3.8, 4) is 0 Å². The predicted octanol–water partition coefficient (Wildman–Crippen LogP) is 0.904. The molecule has 1 unspecified atom stereocenters. The van der Waals surface area contributed by atoms with Gasteiger partial charge in [-0.05, 0) is 25.5 Å². The highest BCUT2D eigenvalue weighted by Gasteiger charge is 2.15. The maximum atomic E-state index is 8.86. The Hall–Kier alpha value is -0.900. The molecule has 0 aromatic heterocycles. The van der Waals surface area contributed by atoms with Crippen LogP contribution in [0.2, 0.25) is 0 Å². The molecule has 1 fully saturated rings. The topological polar surface area (TPSA) is 43.7 Å². The number of hydrogen-bond acceptors (Lipinski definition) is 3. The van der Waals surface area contributed by atoms with Crippen molar-refractivity contribution >= 4 is 0 Å². The van der Waals surface area contributed by atoms with Gasteiger partial charge < -0.3 is 15.1 Å². The molecule has 1 aromatic carbocycles. The van der Waals surface area contributed by atoms with Crippen LogP contribution in [0.25, 0.3) is 0 Å². The fraction of sp³-hybridized carbons (Fsp3) is 0.538. The third kappa shape index (κ3) is 5.26. The van der Waals surface area contributed by atoms with Crippen LogP contribution in [0.15, 0.2) is 30.3 Å². The number of benzene rings is 1. The molecule has 2 N–H and O–H groups in total. The van der Waals surface area contributed by atoms with E-state index in [1.165, 1.54) is 5.56 Å². The number of hydrogen-bond donors (Lipinski definition) is 2. The second kappa shape index (κ2) is 7.39. The standard InChI is InChI=1S/C8H10O.C5H11NO/c9-7-6-8-4-2-1-3-5-8;1-6-3-2-5(7)4-6/h1-5,9H,6-7H2;5,7H,2-4H2,1H3. The van der Waals surface area contributed by atoms with E-state index in [1.54, 1.807) is 0 Å². The molecule has 1 aliphatic rings. The van der Waals surface area contributed by atoms with Crippen LogP contribution in [0, 0.1) is 0 Å². The van der Waals surface area contributed by atoms with E-state index in [4.69, 9.17) is 10.2 Å². The highest BCUT2D eigenvalue weighted by Crippen LogP contribution is 2.03. The molecular formula is C13H21NO2. The molecular weight excluding hydrogens is 202 g/mol. The van der Waals surface area contributed by atoms with Crippen LogP contribution in [0.5, 0.6) is 0 Å². The first kappa shape index (κ1) is 13.2. The summed E-state index contributed by atoms with van der Waals surface area (Å²) in [5, 5.41) is 17.4. The summed E-state index contributed by atoms with van der Waals surface area (Å²) in [6.45, 7) is 2.16. The summed E-state index contributed by atoms with van der Waals surface area (Å²) in [5.74, 6) is 0. The summed E-state index contributed by atoms with van der Waals surface area (Å²) in [5.41, 5.74) is 1.19. The minimum atomic E-state index is -0.0509. The molecule has 1 atom stereocenters. The van der Waals surface area contributed by atoms with Gasteiger partial charge in [-0.3, -0.25) is 0 Å². The Morgan fingerprint density at radius 3 is 2.38 bits per heavy atom. The summed E-state index contributed by atoms with van der Waals surface area (Å²) >= 11 is 0. The van der Waals surface area contributed by atoms with Crippen molar-refractivity contribution < 1.29 is 10.2 Å². The van der Waals surface area contributed by atoms with Gasteiger partial charge in [-0.15, -0.1) is 0 Å². The van der Waals surface area contributed by atoms with Gasteiger partial charge in [0.05, 0.1) is 6.10 Å². The second-order valence-electron chi connectivity index (χ2n) is 4.16. The van der Waals surface area contributed by atoms with Gasteiger partial charge in [0, 0.05) is 19.7 Å². The zero-order valence-corrected chi connectivity index (χ0v) is 9.84. The lowest BCUT2D eigenvalue weighted by molar-refractivity contribution is 0.183. The van der Waals surface area contributed by atoms with Crippen LogP contribution in [-0.4, -0.2) is 48.0 Å². The SMILES string of the molecule is CN1CCC(O)C1.OCCc1ccccc1. The van der Waals surface area contributed by atoms with Crippen LogP contribution in [0.3, 0.4) is 0 Å². The lowest BCUT2D eigenvalue weighted by Gasteiger charge is -2.02. The van der Waals surface area contributed by atoms with E-state index in [-0.39, 0.29) is 12.7 Å². The summed E-state index contributed by atoms with van der Waals surface area (Å²) in [4.78, 5) is 2.13. The van der Waals surface area contributed by atoms with Gasteiger partial charge in [0.15, 0.2) is 0 Å². The molecule has 1 aromatic rings. The Kier molecular flexibility index (Phi) is 6.08. The van der Waals surface area contributed by atoms with E-state index in [2.05, 4.69) is 4.90 Å². The number of aliphatic hydroxyl groups is 2. The van der Waals surface area contributed by atoms with Crippen molar-refractivity contribution in [3.63, 3.8) is 0 Å². The van der Waals surface area contributed by atoms with E-state index in [0.717, 1.165) is 25.9 Å². The Labute approximate surface area is 97.3 Å². The Balaban J connectivity index is 0.000000165. The van der Waals surface area contributed by atoms with Crippen molar-refractivity contribution in [2.24, 2.45) is 0 Å². The van der Waals surface area contributed by atoms with Gasteiger partial charge in [-0.1, -0.05) is 30.3 Å². The molecule has 1 saturated heterocycles. The molecule has 3 heteroatoms. The number of aliphatic hydroxyl groups excluding tert-OH is 2. The van der Waals surface area contributed by atoms with E-state index in [0.29, 0.717) is 0 Å². The van der Waals surface area contributed by atoms with Gasteiger partial charge in [0.25, 0.3) is 0 Å². The van der Waals surface area contributed by atoms with Crippen molar-refractivity contribution in [2.75, 3.05) is 26.7 Å². The smallest absolute Gasteiger partial charge is 0.0679 e. The molecule has 0 amide bonds. The molecule has 16 heavy (non-hydrogen) atoms. The van der Waals surface area contributed by atoms with Gasteiger partial charge in [0.2, 0.25) is 0 Å². The first-order valence-electron chi connectivity index (χ1n) is 5.73. The van der Waals surface area contributed by atoms with Crippen molar-refractivity contribution in [3.05, 3.63) is 35.9 Å². The summed E-state index contributed by atoms with van der Waals surface area (Å²) in [7, 11) is 2.02. The monoisotopic (exact) mass is 223 g/mol. The summed E-state index contributed by atoms with van der Waals surface area (Å²) < 4.78 is 0. The zero-order valence-electron chi connectivity index (χ0n) is 9.84. The van der Waals surface area contributed by atoms with Crippen LogP contribution in [-0.2, 0) is 6.42 Å². The highest BCUT2D eigenvalue weighted by atomic mass is 16.3. The molecule has 2 rings (SSSR count). The van der Waals surface area contributed by atoms with Gasteiger partial charge >= 0.3 is 0 Å². The van der Waals surface area contributed by atoms with E-state index in [9.17, 15) is 0 Å². The summed E-state index contributed by atoms with van der Waals surface area (Å²) in [6.07, 6.45) is 1.67. The molecule has 90 valence electrons. The molecule has 1 heterocycles. The highest BCUT2D eigenvalue weighted by molar-refractivity contribution is 5.14. The van der Waals surface area contributed by atoms with Crippen molar-refractivity contribution in [1.29, 1.82) is 0 Å². The quantitative estimate of drug-likeness (QED) is 0.783. The molecule has 0 saturated carbocycles. The number of nitrogens with zero attached hydrogens (tertiary/aromatic N) is 1. The number of likely N-dealkylation sites (N-methyl/N-ethyl adjacent to an activating group) is 1. The number of likely N-dealkylation sites (tertiary alicyclic amines) is 1. The Bertz CT molecular complexity index is 269. The van der Waals surface area contributed by atoms with Gasteiger partial charge in [-0.2, -0.15) is 0 Å². The maximum Gasteiger partial charge on any atom is 0.0679 e. The first-order valence-corrected chi connectivity index (χ1v) is 5.73. The molecule has 0 spiro atoms. The molecule has 0 bridgehead atoms. The van der Waals surface area contributed by atoms with Crippen molar-refractivity contribution in [2.45, 2.75) is 18.9 Å². The summed E-state index contributed by atoms with van der Waals surface area (Å²) in [6, 6.07) is 9.95. The van der Waals surface area contributed by atoms with Gasteiger partial charge in [-0.25, -0.2) is 0 Å². The third-order valence-electron chi connectivity index (χ3n) is 2.61. The number of rotatable bonds is 2. The van der Waals surface area contributed by atoms with E-state index < -0.39 is 0 Å². The molecule has 0 aliphatic carbocycles. The largest absolute Gasteiger partial charge is 0.396 e. The molecule has 0 radical (unpaired) electrons. The average molecular weight is 223 g/mol. The second-order valence-corrected chi connectivity index (χ2v) is 4.16. The fourth-order valence-corrected chi connectivity index (χ4v) is 1.69. The Morgan fingerprint density at radius 1 is 1.31 bits per heavy atom. The lowest BCUT2D eigenvalue weighted by atomic mass is 10.2. The number of β-amino-alcohol motifs (C(OH)–C–C–N with tert-alkyl or cyclic N) is 1. The van der Waals surface area contributed by atoms with E-state index in [1.807, 2.05) is 37.4 Å². The minimum absolute atomic E-state index is 0.0509. The minimum Gasteiger partial charge on any atom is -0.396 e. The normalized spacial score (nSPS) is 20.3. The fourth-order valence-electron chi connectivity index (χ4n) is 1.69. The molecule has 1 aliphatic heterocycles. The predicted molar refractivity (Wildman–Crippen MR) is 65.4 cm³/mol. The van der Waals surface area contributed by atoms with Crippen LogP contribution in [0.4, 0.5) is 0 Å². The van der Waals surface area contributed by atoms with E-state index >= 15 is 0 Å². The van der Waals surface area contributed by atoms with Crippen molar-refractivity contribution in [1.82, 2.24) is 4.90 Å². The van der Waals surface area contributed by atoms with Crippen LogP contribution in [0.1, 0.15) is 12.0 Å².